The second-order valence-corrected chi connectivity index (χ2v) is 5.44. The molecule has 0 atom stereocenters. The van der Waals surface area contributed by atoms with Crippen molar-refractivity contribution in [2.24, 2.45) is 5.92 Å². The number of carbonyl (C=O) groups excluding carboxylic acids is 2. The first-order valence-electron chi connectivity index (χ1n) is 7.14. The van der Waals surface area contributed by atoms with Crippen LogP contribution in [-0.2, 0) is 11.2 Å². The van der Waals surface area contributed by atoms with Crippen LogP contribution in [0.15, 0.2) is 24.3 Å². The number of rotatable bonds is 4. The number of aromatic nitrogens is 1. The Hall–Kier alpha value is -2.10. The number of nitrogens with one attached hydrogen (secondary N) is 2. The number of imide groups is 1. The lowest BCUT2D eigenvalue weighted by Crippen LogP contribution is -2.31. The van der Waals surface area contributed by atoms with Crippen LogP contribution in [0.4, 0.5) is 0 Å². The van der Waals surface area contributed by atoms with Crippen molar-refractivity contribution in [1.82, 2.24) is 10.3 Å². The van der Waals surface area contributed by atoms with E-state index in [0.29, 0.717) is 5.56 Å². The summed E-state index contributed by atoms with van der Waals surface area (Å²) in [5, 5.41) is 3.56. The Bertz CT molecular complexity index is 668. The molecule has 0 spiro atoms. The molecule has 0 saturated heterocycles. The van der Waals surface area contributed by atoms with E-state index in [1.54, 1.807) is 6.07 Å². The summed E-state index contributed by atoms with van der Waals surface area (Å²) in [4.78, 5) is 26.9. The van der Waals surface area contributed by atoms with Crippen LogP contribution in [0.2, 0.25) is 0 Å². The van der Waals surface area contributed by atoms with Crippen LogP contribution in [0, 0.1) is 5.92 Å². The number of carbonyl (C=O) groups is 2. The van der Waals surface area contributed by atoms with E-state index >= 15 is 0 Å². The Morgan fingerprint density at radius 3 is 2.80 bits per heavy atom. The third-order valence-corrected chi connectivity index (χ3v) is 3.64. The number of H-pyrrole nitrogens is 1. The predicted molar refractivity (Wildman–Crippen MR) is 77.5 cm³/mol. The van der Waals surface area contributed by atoms with Crippen molar-refractivity contribution < 1.29 is 9.59 Å². The van der Waals surface area contributed by atoms with Crippen molar-refractivity contribution >= 4 is 22.7 Å². The lowest BCUT2D eigenvalue weighted by atomic mass is 10.1. The van der Waals surface area contributed by atoms with Gasteiger partial charge in [-0.25, -0.2) is 0 Å². The second-order valence-electron chi connectivity index (χ2n) is 5.44. The highest BCUT2D eigenvalue weighted by Crippen LogP contribution is 2.28. The zero-order chi connectivity index (χ0) is 14.1. The van der Waals surface area contributed by atoms with Gasteiger partial charge in [0.2, 0.25) is 5.91 Å². The van der Waals surface area contributed by atoms with Gasteiger partial charge in [-0.1, -0.05) is 19.4 Å². The normalized spacial score (nSPS) is 14.4. The van der Waals surface area contributed by atoms with Gasteiger partial charge in [0.25, 0.3) is 5.91 Å². The van der Waals surface area contributed by atoms with Crippen LogP contribution < -0.4 is 5.32 Å². The van der Waals surface area contributed by atoms with E-state index in [4.69, 9.17) is 0 Å². The third-order valence-electron chi connectivity index (χ3n) is 3.64. The summed E-state index contributed by atoms with van der Waals surface area (Å²) in [5.41, 5.74) is 2.64. The number of amides is 2. The summed E-state index contributed by atoms with van der Waals surface area (Å²) in [5.74, 6) is -0.409. The molecule has 2 N–H and O–H groups in total. The number of benzene rings is 1. The maximum atomic E-state index is 12.0. The van der Waals surface area contributed by atoms with Crippen LogP contribution in [0.25, 0.3) is 10.9 Å². The zero-order valence-corrected chi connectivity index (χ0v) is 11.5. The maximum absolute atomic E-state index is 12.0. The Morgan fingerprint density at radius 1 is 1.30 bits per heavy atom. The van der Waals surface area contributed by atoms with Crippen molar-refractivity contribution in [1.29, 1.82) is 0 Å². The van der Waals surface area contributed by atoms with Gasteiger partial charge in [-0.2, -0.15) is 0 Å². The number of fused-ring (bicyclic) bond motifs is 1. The number of hydrogen-bond acceptors (Lipinski definition) is 2. The lowest BCUT2D eigenvalue weighted by molar-refractivity contribution is -0.121. The molecule has 1 aliphatic carbocycles. The molecular formula is C16H18N2O2. The molecule has 1 aromatic heterocycles. The van der Waals surface area contributed by atoms with Crippen LogP contribution in [0.3, 0.4) is 0 Å². The maximum Gasteiger partial charge on any atom is 0.257 e. The fourth-order valence-electron chi connectivity index (χ4n) is 2.36. The van der Waals surface area contributed by atoms with E-state index in [0.717, 1.165) is 36.6 Å². The molecule has 1 aromatic carbocycles. The Balaban J connectivity index is 1.80. The average molecular weight is 270 g/mol. The second kappa shape index (κ2) is 5.12. The van der Waals surface area contributed by atoms with Crippen LogP contribution in [-0.4, -0.2) is 16.8 Å². The molecule has 1 saturated carbocycles. The monoisotopic (exact) mass is 270 g/mol. The fourth-order valence-corrected chi connectivity index (χ4v) is 2.36. The standard InChI is InChI=1S/C16H18N2O2/c1-2-3-13-8-11-6-7-12(9-14(11)17-13)16(20)18-15(19)10-4-5-10/h6-10,17H,2-5H2,1H3,(H,18,19,20). The Kier molecular flexibility index (Phi) is 3.30. The molecule has 0 radical (unpaired) electrons. The van der Waals surface area contributed by atoms with Gasteiger partial charge in [-0.3, -0.25) is 14.9 Å². The number of hydrogen-bond donors (Lipinski definition) is 2. The Labute approximate surface area is 117 Å². The molecule has 2 amide bonds. The third kappa shape index (κ3) is 2.59. The van der Waals surface area contributed by atoms with Crippen LogP contribution in [0.1, 0.15) is 42.2 Å². The highest BCUT2D eigenvalue weighted by molar-refractivity contribution is 6.07. The van der Waals surface area contributed by atoms with E-state index in [9.17, 15) is 9.59 Å². The van der Waals surface area contributed by atoms with Gasteiger partial charge in [0.15, 0.2) is 0 Å². The summed E-state index contributed by atoms with van der Waals surface area (Å²) in [6.07, 6.45) is 3.87. The fraction of sp³-hybridized carbons (Fsp3) is 0.375. The van der Waals surface area contributed by atoms with Crippen molar-refractivity contribution in [2.75, 3.05) is 0 Å². The first kappa shape index (κ1) is 12.9. The summed E-state index contributed by atoms with van der Waals surface area (Å²) >= 11 is 0. The molecule has 3 rings (SSSR count). The molecular weight excluding hydrogens is 252 g/mol. The van der Waals surface area contributed by atoms with Crippen molar-refractivity contribution in [2.45, 2.75) is 32.6 Å². The molecule has 0 unspecified atom stereocenters. The molecule has 4 heteroatoms. The SMILES string of the molecule is CCCc1cc2ccc(C(=O)NC(=O)C3CC3)cc2[nH]1. The first-order valence-corrected chi connectivity index (χ1v) is 7.14. The topological polar surface area (TPSA) is 62.0 Å². The molecule has 1 aliphatic rings. The molecule has 20 heavy (non-hydrogen) atoms. The van der Waals surface area contributed by atoms with Crippen molar-refractivity contribution in [3.8, 4) is 0 Å². The number of aryl methyl sites for hydroxylation is 1. The average Bonchev–Trinajstić information content (AvgIpc) is 3.19. The van der Waals surface area contributed by atoms with E-state index < -0.39 is 0 Å². The van der Waals surface area contributed by atoms with Gasteiger partial charge in [-0.15, -0.1) is 0 Å². The molecule has 1 heterocycles. The lowest BCUT2D eigenvalue weighted by Gasteiger charge is -2.03. The van der Waals surface area contributed by atoms with Crippen molar-refractivity contribution in [3.63, 3.8) is 0 Å². The highest BCUT2D eigenvalue weighted by atomic mass is 16.2. The summed E-state index contributed by atoms with van der Waals surface area (Å²) < 4.78 is 0. The van der Waals surface area contributed by atoms with E-state index in [1.807, 2.05) is 12.1 Å². The van der Waals surface area contributed by atoms with Gasteiger partial charge < -0.3 is 4.98 Å². The smallest absolute Gasteiger partial charge is 0.257 e. The molecule has 0 bridgehead atoms. The summed E-state index contributed by atoms with van der Waals surface area (Å²) in [6, 6.07) is 7.60. The molecule has 2 aromatic rings. The molecule has 1 fully saturated rings. The van der Waals surface area contributed by atoms with Crippen LogP contribution >= 0.6 is 0 Å². The quantitative estimate of drug-likeness (QED) is 0.839. The minimum absolute atomic E-state index is 0.0457. The van der Waals surface area contributed by atoms with Gasteiger partial charge in [-0.05, 0) is 42.8 Å². The van der Waals surface area contributed by atoms with Gasteiger partial charge >= 0.3 is 0 Å². The van der Waals surface area contributed by atoms with Gasteiger partial charge in [0.1, 0.15) is 0 Å². The summed E-state index contributed by atoms with van der Waals surface area (Å²) in [6.45, 7) is 2.13. The largest absolute Gasteiger partial charge is 0.358 e. The van der Waals surface area contributed by atoms with Gasteiger partial charge in [0, 0.05) is 22.7 Å². The van der Waals surface area contributed by atoms with Crippen LogP contribution in [0.5, 0.6) is 0 Å². The first-order chi connectivity index (χ1) is 9.67. The van der Waals surface area contributed by atoms with Crippen molar-refractivity contribution in [3.05, 3.63) is 35.5 Å². The molecule has 4 nitrogen and oxygen atoms in total. The predicted octanol–water partition coefficient (Wildman–Crippen LogP) is 2.79. The minimum atomic E-state index is -0.310. The van der Waals surface area contributed by atoms with E-state index in [-0.39, 0.29) is 17.7 Å². The van der Waals surface area contributed by atoms with Gasteiger partial charge in [0.05, 0.1) is 0 Å². The van der Waals surface area contributed by atoms with E-state index in [2.05, 4.69) is 23.3 Å². The zero-order valence-electron chi connectivity index (χ0n) is 11.5. The highest BCUT2D eigenvalue weighted by Gasteiger charge is 2.30. The molecule has 0 aliphatic heterocycles. The van der Waals surface area contributed by atoms with E-state index in [1.165, 1.54) is 5.69 Å². The minimum Gasteiger partial charge on any atom is -0.358 e. The number of aromatic amines is 1. The molecule has 104 valence electrons. The summed E-state index contributed by atoms with van der Waals surface area (Å²) in [7, 11) is 0. The Morgan fingerprint density at radius 2 is 2.10 bits per heavy atom.